The fourth-order valence-electron chi connectivity index (χ4n) is 2.67. The summed E-state index contributed by atoms with van der Waals surface area (Å²) in [7, 11) is 0. The lowest BCUT2D eigenvalue weighted by atomic mass is 10.1. The van der Waals surface area contributed by atoms with Crippen molar-refractivity contribution < 1.29 is 0 Å². The first-order chi connectivity index (χ1) is 6.34. The Bertz CT molecular complexity index is 354. The number of rotatable bonds is 0. The molecule has 2 aliphatic carbocycles. The van der Waals surface area contributed by atoms with Gasteiger partial charge in [0.2, 0.25) is 0 Å². The fraction of sp³-hybridized carbons (Fsp3) is 0.583. The Morgan fingerprint density at radius 3 is 3.08 bits per heavy atom. The highest BCUT2D eigenvalue weighted by atomic mass is 14.7. The van der Waals surface area contributed by atoms with Crippen LogP contribution >= 0.6 is 0 Å². The predicted octanol–water partition coefficient (Wildman–Crippen LogP) is 2.62. The van der Waals surface area contributed by atoms with Crippen LogP contribution < -0.4 is 0 Å². The minimum absolute atomic E-state index is 0.709. The van der Waals surface area contributed by atoms with Crippen molar-refractivity contribution in [1.82, 2.24) is 4.98 Å². The molecule has 0 radical (unpaired) electrons. The average Bonchev–Trinajstić information content (AvgIpc) is 2.70. The number of nitrogens with zero attached hydrogens (tertiary/aromatic N) is 1. The van der Waals surface area contributed by atoms with Crippen molar-refractivity contribution in [2.75, 3.05) is 0 Å². The van der Waals surface area contributed by atoms with Crippen LogP contribution in [0.25, 0.3) is 0 Å². The van der Waals surface area contributed by atoms with E-state index in [1.54, 1.807) is 0 Å². The second-order valence-electron chi connectivity index (χ2n) is 4.43. The summed E-state index contributed by atoms with van der Waals surface area (Å²) in [5.41, 5.74) is 5.87. The first-order valence-corrected chi connectivity index (χ1v) is 5.36. The monoisotopic (exact) mass is 173 g/mol. The number of fused-ring (bicyclic) bond motifs is 2. The summed E-state index contributed by atoms with van der Waals surface area (Å²) < 4.78 is 0. The van der Waals surface area contributed by atoms with Gasteiger partial charge in [0, 0.05) is 11.4 Å². The van der Waals surface area contributed by atoms with Gasteiger partial charge in [-0.15, -0.1) is 0 Å². The van der Waals surface area contributed by atoms with Crippen LogP contribution in [0.4, 0.5) is 0 Å². The van der Waals surface area contributed by atoms with E-state index >= 15 is 0 Å². The molecular formula is C12H15N. The molecule has 1 atom stereocenters. The maximum atomic E-state index is 4.81. The number of hydrogen-bond acceptors (Lipinski definition) is 1. The Balaban J connectivity index is 2.16. The maximum absolute atomic E-state index is 4.81. The van der Waals surface area contributed by atoms with E-state index in [4.69, 9.17) is 4.98 Å². The molecule has 0 saturated heterocycles. The van der Waals surface area contributed by atoms with Crippen LogP contribution in [0.1, 0.15) is 48.2 Å². The van der Waals surface area contributed by atoms with Crippen LogP contribution in [0.5, 0.6) is 0 Å². The molecule has 1 heteroatoms. The van der Waals surface area contributed by atoms with Crippen molar-refractivity contribution in [2.45, 2.75) is 44.9 Å². The second kappa shape index (κ2) is 2.57. The molecule has 0 amide bonds. The number of aromatic nitrogens is 1. The summed E-state index contributed by atoms with van der Waals surface area (Å²) in [5.74, 6) is 0.709. The van der Waals surface area contributed by atoms with E-state index in [2.05, 4.69) is 13.0 Å². The van der Waals surface area contributed by atoms with Gasteiger partial charge in [0.25, 0.3) is 0 Å². The van der Waals surface area contributed by atoms with Crippen molar-refractivity contribution >= 4 is 0 Å². The minimum atomic E-state index is 0.709. The molecule has 1 aromatic heterocycles. The van der Waals surface area contributed by atoms with Gasteiger partial charge in [-0.1, -0.05) is 13.0 Å². The molecule has 0 N–H and O–H groups in total. The maximum Gasteiger partial charge on any atom is 0.0467 e. The molecule has 1 unspecified atom stereocenters. The van der Waals surface area contributed by atoms with Gasteiger partial charge in [0.15, 0.2) is 0 Å². The Hall–Kier alpha value is -0.850. The zero-order chi connectivity index (χ0) is 8.84. The van der Waals surface area contributed by atoms with Gasteiger partial charge < -0.3 is 0 Å². The van der Waals surface area contributed by atoms with Gasteiger partial charge in [-0.2, -0.15) is 0 Å². The van der Waals surface area contributed by atoms with E-state index in [-0.39, 0.29) is 0 Å². The average molecular weight is 173 g/mol. The zero-order valence-electron chi connectivity index (χ0n) is 8.14. The molecule has 13 heavy (non-hydrogen) atoms. The molecule has 0 aliphatic heterocycles. The van der Waals surface area contributed by atoms with E-state index in [1.165, 1.54) is 54.6 Å². The third kappa shape index (κ3) is 1.03. The number of aryl methyl sites for hydroxylation is 3. The largest absolute Gasteiger partial charge is 0.257 e. The molecule has 3 rings (SSSR count). The quantitative estimate of drug-likeness (QED) is 0.587. The van der Waals surface area contributed by atoms with E-state index in [9.17, 15) is 0 Å². The molecule has 0 spiro atoms. The minimum Gasteiger partial charge on any atom is -0.257 e. The second-order valence-corrected chi connectivity index (χ2v) is 4.43. The molecule has 2 aliphatic rings. The highest BCUT2D eigenvalue weighted by Gasteiger charge is 2.23. The van der Waals surface area contributed by atoms with Crippen LogP contribution in [0.15, 0.2) is 6.07 Å². The molecule has 1 heterocycles. The van der Waals surface area contributed by atoms with Crippen molar-refractivity contribution in [3.8, 4) is 0 Å². The lowest BCUT2D eigenvalue weighted by molar-refractivity contribution is 0.726. The summed E-state index contributed by atoms with van der Waals surface area (Å²) in [6.07, 6.45) is 6.38. The molecule has 0 saturated carbocycles. The summed E-state index contributed by atoms with van der Waals surface area (Å²) in [5, 5.41) is 0. The van der Waals surface area contributed by atoms with Crippen LogP contribution in [-0.4, -0.2) is 4.98 Å². The third-order valence-electron chi connectivity index (χ3n) is 3.48. The summed E-state index contributed by atoms with van der Waals surface area (Å²) >= 11 is 0. The van der Waals surface area contributed by atoms with Gasteiger partial charge >= 0.3 is 0 Å². The molecule has 1 aromatic rings. The number of hydrogen-bond donors (Lipinski definition) is 0. The van der Waals surface area contributed by atoms with E-state index in [1.807, 2.05) is 0 Å². The fourth-order valence-corrected chi connectivity index (χ4v) is 2.67. The van der Waals surface area contributed by atoms with E-state index in [0.717, 1.165) is 0 Å². The Labute approximate surface area is 79.2 Å². The molecule has 68 valence electrons. The normalized spacial score (nSPS) is 24.5. The van der Waals surface area contributed by atoms with Crippen LogP contribution in [0.3, 0.4) is 0 Å². The Morgan fingerprint density at radius 2 is 2.15 bits per heavy atom. The van der Waals surface area contributed by atoms with Gasteiger partial charge in [-0.25, -0.2) is 0 Å². The lowest BCUT2D eigenvalue weighted by Gasteiger charge is -2.06. The Kier molecular flexibility index (Phi) is 1.49. The van der Waals surface area contributed by atoms with E-state index in [0.29, 0.717) is 5.92 Å². The SMILES string of the molecule is CC1CCc2cc3c(nc21)CCC3. The molecule has 0 aromatic carbocycles. The van der Waals surface area contributed by atoms with Gasteiger partial charge in [-0.05, 0) is 49.1 Å². The van der Waals surface area contributed by atoms with Crippen molar-refractivity contribution in [1.29, 1.82) is 0 Å². The molecule has 0 fully saturated rings. The van der Waals surface area contributed by atoms with Crippen molar-refractivity contribution in [2.24, 2.45) is 0 Å². The van der Waals surface area contributed by atoms with Gasteiger partial charge in [0.05, 0.1) is 0 Å². The standard InChI is InChI=1S/C12H15N/c1-8-5-6-10-7-9-3-2-4-11(9)13-12(8)10/h7-8H,2-6H2,1H3. The first kappa shape index (κ1) is 7.54. The zero-order valence-corrected chi connectivity index (χ0v) is 8.14. The Morgan fingerprint density at radius 1 is 1.23 bits per heavy atom. The smallest absolute Gasteiger partial charge is 0.0467 e. The van der Waals surface area contributed by atoms with Crippen molar-refractivity contribution in [3.63, 3.8) is 0 Å². The number of pyridine rings is 1. The van der Waals surface area contributed by atoms with Gasteiger partial charge in [0.1, 0.15) is 0 Å². The van der Waals surface area contributed by atoms with Gasteiger partial charge in [-0.3, -0.25) is 4.98 Å². The summed E-state index contributed by atoms with van der Waals surface area (Å²) in [6.45, 7) is 2.31. The summed E-state index contributed by atoms with van der Waals surface area (Å²) in [6, 6.07) is 2.42. The van der Waals surface area contributed by atoms with Crippen LogP contribution in [-0.2, 0) is 19.3 Å². The highest BCUT2D eigenvalue weighted by Crippen LogP contribution is 2.34. The van der Waals surface area contributed by atoms with Crippen molar-refractivity contribution in [3.05, 3.63) is 28.6 Å². The molecule has 0 bridgehead atoms. The predicted molar refractivity (Wildman–Crippen MR) is 53.0 cm³/mol. The van der Waals surface area contributed by atoms with Crippen LogP contribution in [0, 0.1) is 0 Å². The van der Waals surface area contributed by atoms with E-state index < -0.39 is 0 Å². The van der Waals surface area contributed by atoms with Crippen LogP contribution in [0.2, 0.25) is 0 Å². The third-order valence-corrected chi connectivity index (χ3v) is 3.48. The topological polar surface area (TPSA) is 12.9 Å². The first-order valence-electron chi connectivity index (χ1n) is 5.36. The molecular weight excluding hydrogens is 158 g/mol. The highest BCUT2D eigenvalue weighted by molar-refractivity contribution is 5.37. The lowest BCUT2D eigenvalue weighted by Crippen LogP contribution is -1.97. The molecule has 1 nitrogen and oxygen atoms in total. The summed E-state index contributed by atoms with van der Waals surface area (Å²) in [4.78, 5) is 4.81.